The number of rotatable bonds is 4. The van der Waals surface area contributed by atoms with E-state index in [1.807, 2.05) is 36.9 Å². The van der Waals surface area contributed by atoms with Crippen LogP contribution in [0.15, 0.2) is 35.3 Å². The number of para-hydroxylation sites is 1. The van der Waals surface area contributed by atoms with Crippen LogP contribution in [0.25, 0.3) is 0 Å². The van der Waals surface area contributed by atoms with Crippen LogP contribution in [0, 0.1) is 0 Å². The highest BCUT2D eigenvalue weighted by Crippen LogP contribution is 2.15. The number of benzene rings is 1. The first-order chi connectivity index (χ1) is 11.1. The first-order valence-electron chi connectivity index (χ1n) is 8.15. The van der Waals surface area contributed by atoms with Gasteiger partial charge < -0.3 is 20.4 Å². The van der Waals surface area contributed by atoms with Crippen molar-refractivity contribution in [2.75, 3.05) is 44.7 Å². The Morgan fingerprint density at radius 3 is 2.39 bits per heavy atom. The molecule has 6 heteroatoms. The number of piperazine rings is 1. The SMILES string of the molecule is CN=C(NCC(=O)N1CCN(c2ccccc2)CC1)NC(C)C. The molecule has 2 N–H and O–H groups in total. The van der Waals surface area contributed by atoms with Gasteiger partial charge in [0.05, 0.1) is 6.54 Å². The third-order valence-corrected chi connectivity index (χ3v) is 3.81. The van der Waals surface area contributed by atoms with Gasteiger partial charge in [0.15, 0.2) is 5.96 Å². The molecule has 0 spiro atoms. The molecule has 23 heavy (non-hydrogen) atoms. The highest BCUT2D eigenvalue weighted by Gasteiger charge is 2.21. The average Bonchev–Trinajstić information content (AvgIpc) is 2.59. The summed E-state index contributed by atoms with van der Waals surface area (Å²) in [7, 11) is 1.71. The van der Waals surface area contributed by atoms with Crippen LogP contribution in [0.2, 0.25) is 0 Å². The van der Waals surface area contributed by atoms with Gasteiger partial charge in [0.25, 0.3) is 0 Å². The predicted molar refractivity (Wildman–Crippen MR) is 94.9 cm³/mol. The zero-order chi connectivity index (χ0) is 16.7. The second-order valence-electron chi connectivity index (χ2n) is 5.93. The van der Waals surface area contributed by atoms with E-state index in [0.717, 1.165) is 26.2 Å². The van der Waals surface area contributed by atoms with Gasteiger partial charge in [0.2, 0.25) is 5.91 Å². The molecule has 1 heterocycles. The standard InChI is InChI=1S/C17H27N5O/c1-14(2)20-17(18-3)19-13-16(23)22-11-9-21(10-12-22)15-7-5-4-6-8-15/h4-8,14H,9-13H2,1-3H3,(H2,18,19,20). The molecule has 6 nitrogen and oxygen atoms in total. The zero-order valence-electron chi connectivity index (χ0n) is 14.2. The Bertz CT molecular complexity index is 521. The quantitative estimate of drug-likeness (QED) is 0.640. The molecule has 1 aromatic rings. The second-order valence-corrected chi connectivity index (χ2v) is 5.93. The maximum Gasteiger partial charge on any atom is 0.242 e. The van der Waals surface area contributed by atoms with E-state index in [-0.39, 0.29) is 18.5 Å². The largest absolute Gasteiger partial charge is 0.368 e. The van der Waals surface area contributed by atoms with Crippen LogP contribution >= 0.6 is 0 Å². The normalized spacial score (nSPS) is 15.7. The summed E-state index contributed by atoms with van der Waals surface area (Å²) in [6.45, 7) is 7.60. The summed E-state index contributed by atoms with van der Waals surface area (Å²) in [4.78, 5) is 20.6. The van der Waals surface area contributed by atoms with E-state index < -0.39 is 0 Å². The lowest BCUT2D eigenvalue weighted by Crippen LogP contribution is -2.52. The molecule has 126 valence electrons. The predicted octanol–water partition coefficient (Wildman–Crippen LogP) is 0.909. The van der Waals surface area contributed by atoms with Crippen molar-refractivity contribution in [1.82, 2.24) is 15.5 Å². The maximum atomic E-state index is 12.3. The smallest absolute Gasteiger partial charge is 0.242 e. The molecule has 0 aliphatic carbocycles. The van der Waals surface area contributed by atoms with Gasteiger partial charge in [-0.1, -0.05) is 18.2 Å². The minimum Gasteiger partial charge on any atom is -0.368 e. The Kier molecular flexibility index (Phi) is 6.26. The molecule has 1 aromatic carbocycles. The number of nitrogens with zero attached hydrogens (tertiary/aromatic N) is 3. The Balaban J connectivity index is 1.77. The van der Waals surface area contributed by atoms with Gasteiger partial charge in [-0.05, 0) is 26.0 Å². The van der Waals surface area contributed by atoms with Crippen LogP contribution in [0.3, 0.4) is 0 Å². The fourth-order valence-electron chi connectivity index (χ4n) is 2.59. The van der Waals surface area contributed by atoms with Crippen LogP contribution in [0.4, 0.5) is 5.69 Å². The number of carbonyl (C=O) groups is 1. The van der Waals surface area contributed by atoms with E-state index in [1.165, 1.54) is 5.69 Å². The molecule has 0 bridgehead atoms. The van der Waals surface area contributed by atoms with Gasteiger partial charge in [-0.25, -0.2) is 0 Å². The van der Waals surface area contributed by atoms with E-state index in [0.29, 0.717) is 5.96 Å². The lowest BCUT2D eigenvalue weighted by atomic mass is 10.2. The van der Waals surface area contributed by atoms with Gasteiger partial charge in [0.1, 0.15) is 0 Å². The first-order valence-corrected chi connectivity index (χ1v) is 8.15. The molecule has 1 aliphatic rings. The number of anilines is 1. The van der Waals surface area contributed by atoms with Crippen molar-refractivity contribution in [2.45, 2.75) is 19.9 Å². The number of guanidine groups is 1. The van der Waals surface area contributed by atoms with Crippen molar-refractivity contribution >= 4 is 17.6 Å². The van der Waals surface area contributed by atoms with Gasteiger partial charge in [0, 0.05) is 45.0 Å². The molecule has 1 fully saturated rings. The summed E-state index contributed by atoms with van der Waals surface area (Å²) in [5.41, 5.74) is 1.22. The van der Waals surface area contributed by atoms with Crippen LogP contribution in [0.5, 0.6) is 0 Å². The third-order valence-electron chi connectivity index (χ3n) is 3.81. The van der Waals surface area contributed by atoms with Crippen molar-refractivity contribution in [3.8, 4) is 0 Å². The van der Waals surface area contributed by atoms with E-state index in [9.17, 15) is 4.79 Å². The fourth-order valence-corrected chi connectivity index (χ4v) is 2.59. The monoisotopic (exact) mass is 317 g/mol. The topological polar surface area (TPSA) is 60.0 Å². The average molecular weight is 317 g/mol. The molecule has 1 aliphatic heterocycles. The number of carbonyl (C=O) groups excluding carboxylic acids is 1. The molecule has 0 atom stereocenters. The highest BCUT2D eigenvalue weighted by molar-refractivity contribution is 5.86. The molecule has 0 saturated carbocycles. The van der Waals surface area contributed by atoms with Gasteiger partial charge in [-0.2, -0.15) is 0 Å². The highest BCUT2D eigenvalue weighted by atomic mass is 16.2. The number of nitrogens with one attached hydrogen (secondary N) is 2. The lowest BCUT2D eigenvalue weighted by Gasteiger charge is -2.36. The van der Waals surface area contributed by atoms with Gasteiger partial charge >= 0.3 is 0 Å². The molecule has 1 saturated heterocycles. The van der Waals surface area contributed by atoms with Crippen LogP contribution in [-0.4, -0.2) is 62.6 Å². The van der Waals surface area contributed by atoms with E-state index >= 15 is 0 Å². The first kappa shape index (κ1) is 17.1. The number of hydrogen-bond donors (Lipinski definition) is 2. The van der Waals surface area contributed by atoms with Gasteiger partial charge in [-0.15, -0.1) is 0 Å². The Morgan fingerprint density at radius 1 is 1.17 bits per heavy atom. The van der Waals surface area contributed by atoms with Crippen LogP contribution in [-0.2, 0) is 4.79 Å². The molecular weight excluding hydrogens is 290 g/mol. The van der Waals surface area contributed by atoms with Crippen molar-refractivity contribution in [1.29, 1.82) is 0 Å². The van der Waals surface area contributed by atoms with E-state index in [2.05, 4.69) is 32.7 Å². The molecular formula is C17H27N5O. The van der Waals surface area contributed by atoms with Crippen molar-refractivity contribution in [2.24, 2.45) is 4.99 Å². The Hall–Kier alpha value is -2.24. The molecule has 0 aromatic heterocycles. The zero-order valence-corrected chi connectivity index (χ0v) is 14.2. The van der Waals surface area contributed by atoms with Gasteiger partial charge in [-0.3, -0.25) is 9.79 Å². The molecule has 0 radical (unpaired) electrons. The Morgan fingerprint density at radius 2 is 1.83 bits per heavy atom. The lowest BCUT2D eigenvalue weighted by molar-refractivity contribution is -0.130. The summed E-state index contributed by atoms with van der Waals surface area (Å²) >= 11 is 0. The van der Waals surface area contributed by atoms with Crippen molar-refractivity contribution in [3.63, 3.8) is 0 Å². The molecule has 1 amide bonds. The Labute approximate surface area is 138 Å². The third kappa shape index (κ3) is 5.16. The summed E-state index contributed by atoms with van der Waals surface area (Å²) in [5, 5.41) is 6.25. The summed E-state index contributed by atoms with van der Waals surface area (Å²) in [6, 6.07) is 10.6. The minimum atomic E-state index is 0.115. The summed E-state index contributed by atoms with van der Waals surface area (Å²) in [5.74, 6) is 0.778. The number of amides is 1. The number of hydrogen-bond acceptors (Lipinski definition) is 3. The van der Waals surface area contributed by atoms with Crippen molar-refractivity contribution < 1.29 is 4.79 Å². The van der Waals surface area contributed by atoms with E-state index in [1.54, 1.807) is 7.05 Å². The molecule has 0 unspecified atom stereocenters. The van der Waals surface area contributed by atoms with Crippen molar-refractivity contribution in [3.05, 3.63) is 30.3 Å². The fraction of sp³-hybridized carbons (Fsp3) is 0.529. The number of aliphatic imine (C=N–C) groups is 1. The maximum absolute atomic E-state index is 12.3. The second kappa shape index (κ2) is 8.41. The minimum absolute atomic E-state index is 0.115. The van der Waals surface area contributed by atoms with E-state index in [4.69, 9.17) is 0 Å². The van der Waals surface area contributed by atoms with Crippen LogP contribution < -0.4 is 15.5 Å². The van der Waals surface area contributed by atoms with Crippen LogP contribution in [0.1, 0.15) is 13.8 Å². The summed E-state index contributed by atoms with van der Waals surface area (Å²) < 4.78 is 0. The molecule has 2 rings (SSSR count). The summed E-state index contributed by atoms with van der Waals surface area (Å²) in [6.07, 6.45) is 0.